The second-order valence-electron chi connectivity index (χ2n) is 8.97. The summed E-state index contributed by atoms with van der Waals surface area (Å²) in [5.41, 5.74) is 8.40. The van der Waals surface area contributed by atoms with Crippen LogP contribution in [0.5, 0.6) is 0 Å². The molecule has 0 radical (unpaired) electrons. The molecule has 1 aliphatic heterocycles. The number of benzene rings is 1. The van der Waals surface area contributed by atoms with Gasteiger partial charge in [0.25, 0.3) is 5.91 Å². The van der Waals surface area contributed by atoms with Crippen molar-refractivity contribution in [2.24, 2.45) is 11.7 Å². The largest absolute Gasteiger partial charge is 0.349 e. The highest BCUT2D eigenvalue weighted by molar-refractivity contribution is 7.09. The summed E-state index contributed by atoms with van der Waals surface area (Å²) < 4.78 is 0. The Morgan fingerprint density at radius 1 is 1.16 bits per heavy atom. The van der Waals surface area contributed by atoms with E-state index >= 15 is 0 Å². The second kappa shape index (κ2) is 10.9. The SMILES string of the molecule is N[C@@H](Cc1cccs1)C(=O)N[C@H](C=CC(=O)N1CCc2ccccc21)CC1CCCCC1. The molecule has 2 atom stereocenters. The van der Waals surface area contributed by atoms with E-state index in [1.807, 2.05) is 46.7 Å². The average molecular weight is 452 g/mol. The maximum atomic E-state index is 12.9. The van der Waals surface area contributed by atoms with Crippen LogP contribution >= 0.6 is 11.3 Å². The highest BCUT2D eigenvalue weighted by Crippen LogP contribution is 2.29. The van der Waals surface area contributed by atoms with Gasteiger partial charge in [-0.05, 0) is 41.8 Å². The fourth-order valence-electron chi connectivity index (χ4n) is 4.85. The third-order valence-electron chi connectivity index (χ3n) is 6.60. The van der Waals surface area contributed by atoms with E-state index in [2.05, 4.69) is 11.4 Å². The zero-order chi connectivity index (χ0) is 22.3. The van der Waals surface area contributed by atoms with E-state index in [4.69, 9.17) is 5.73 Å². The lowest BCUT2D eigenvalue weighted by Crippen LogP contribution is -2.46. The van der Waals surface area contributed by atoms with Crippen LogP contribution in [0.15, 0.2) is 53.9 Å². The quantitative estimate of drug-likeness (QED) is 0.590. The van der Waals surface area contributed by atoms with Crippen molar-refractivity contribution < 1.29 is 9.59 Å². The average Bonchev–Trinajstić information content (AvgIpc) is 3.47. The van der Waals surface area contributed by atoms with Crippen molar-refractivity contribution >= 4 is 28.8 Å². The summed E-state index contributed by atoms with van der Waals surface area (Å²) in [6, 6.07) is 11.3. The molecule has 1 saturated carbocycles. The number of carbonyl (C=O) groups excluding carboxylic acids is 2. The molecular weight excluding hydrogens is 418 g/mol. The number of fused-ring (bicyclic) bond motifs is 1. The Labute approximate surface area is 194 Å². The van der Waals surface area contributed by atoms with Crippen LogP contribution < -0.4 is 16.0 Å². The van der Waals surface area contributed by atoms with E-state index in [-0.39, 0.29) is 17.9 Å². The van der Waals surface area contributed by atoms with E-state index in [1.165, 1.54) is 37.7 Å². The molecule has 0 unspecified atom stereocenters. The Kier molecular flexibility index (Phi) is 7.76. The summed E-state index contributed by atoms with van der Waals surface area (Å²) in [5, 5.41) is 5.12. The maximum absolute atomic E-state index is 12.9. The lowest BCUT2D eigenvalue weighted by Gasteiger charge is -2.26. The molecule has 4 rings (SSSR count). The van der Waals surface area contributed by atoms with Gasteiger partial charge in [-0.25, -0.2) is 0 Å². The summed E-state index contributed by atoms with van der Waals surface area (Å²) in [6.45, 7) is 0.702. The van der Waals surface area contributed by atoms with Crippen LogP contribution in [0.2, 0.25) is 0 Å². The van der Waals surface area contributed by atoms with Gasteiger partial charge in [0, 0.05) is 35.6 Å². The van der Waals surface area contributed by atoms with Crippen molar-refractivity contribution in [1.82, 2.24) is 5.32 Å². The Morgan fingerprint density at radius 3 is 2.75 bits per heavy atom. The van der Waals surface area contributed by atoms with Gasteiger partial charge < -0.3 is 16.0 Å². The fraction of sp³-hybridized carbons (Fsp3) is 0.462. The number of nitrogens with two attached hydrogens (primary N) is 1. The monoisotopic (exact) mass is 451 g/mol. The number of para-hydroxylation sites is 1. The first kappa shape index (κ1) is 22.7. The number of hydrogen-bond acceptors (Lipinski definition) is 4. The van der Waals surface area contributed by atoms with Gasteiger partial charge in [-0.15, -0.1) is 11.3 Å². The molecule has 32 heavy (non-hydrogen) atoms. The van der Waals surface area contributed by atoms with Crippen molar-refractivity contribution in [3.8, 4) is 0 Å². The topological polar surface area (TPSA) is 75.4 Å². The highest BCUT2D eigenvalue weighted by atomic mass is 32.1. The minimum absolute atomic E-state index is 0.0271. The summed E-state index contributed by atoms with van der Waals surface area (Å²) in [6.07, 6.45) is 12.0. The third kappa shape index (κ3) is 5.87. The van der Waals surface area contributed by atoms with Crippen LogP contribution in [0.25, 0.3) is 0 Å². The van der Waals surface area contributed by atoms with Crippen molar-refractivity contribution in [3.63, 3.8) is 0 Å². The van der Waals surface area contributed by atoms with E-state index in [0.29, 0.717) is 18.9 Å². The standard InChI is InChI=1S/C26H33N3O2S/c27-23(18-22-10-6-16-32-22)26(31)28-21(17-19-7-2-1-3-8-19)12-13-25(30)29-15-14-20-9-4-5-11-24(20)29/h4-6,9-13,16,19,21,23H,1-3,7-8,14-15,17-18,27H2,(H,28,31)/t21-,23+/m1/s1. The van der Waals surface area contributed by atoms with Gasteiger partial charge in [-0.3, -0.25) is 9.59 Å². The van der Waals surface area contributed by atoms with Gasteiger partial charge >= 0.3 is 0 Å². The van der Waals surface area contributed by atoms with Crippen LogP contribution in [0.1, 0.15) is 49.0 Å². The third-order valence-corrected chi connectivity index (χ3v) is 7.50. The lowest BCUT2D eigenvalue weighted by atomic mass is 9.84. The molecule has 2 amide bonds. The predicted octanol–water partition coefficient (Wildman–Crippen LogP) is 4.22. The molecule has 5 nitrogen and oxygen atoms in total. The summed E-state index contributed by atoms with van der Waals surface area (Å²) in [7, 11) is 0. The molecule has 0 bridgehead atoms. The minimum Gasteiger partial charge on any atom is -0.349 e. The van der Waals surface area contributed by atoms with Crippen LogP contribution in [-0.2, 0) is 22.4 Å². The number of thiophene rings is 1. The lowest BCUT2D eigenvalue weighted by molar-refractivity contribution is -0.123. The molecule has 1 fully saturated rings. The van der Waals surface area contributed by atoms with Crippen LogP contribution in [0, 0.1) is 5.92 Å². The van der Waals surface area contributed by atoms with Gasteiger partial charge in [0.15, 0.2) is 0 Å². The van der Waals surface area contributed by atoms with E-state index < -0.39 is 6.04 Å². The summed E-state index contributed by atoms with van der Waals surface area (Å²) in [4.78, 5) is 28.7. The first-order chi connectivity index (χ1) is 15.6. The van der Waals surface area contributed by atoms with Crippen LogP contribution in [-0.4, -0.2) is 30.4 Å². The Morgan fingerprint density at radius 2 is 1.97 bits per heavy atom. The molecule has 2 aliphatic rings. The number of anilines is 1. The molecule has 2 aromatic rings. The normalized spacial score (nSPS) is 18.5. The predicted molar refractivity (Wildman–Crippen MR) is 131 cm³/mol. The molecule has 1 aliphatic carbocycles. The molecular formula is C26H33N3O2S. The van der Waals surface area contributed by atoms with Gasteiger partial charge in [-0.2, -0.15) is 0 Å². The van der Waals surface area contributed by atoms with E-state index in [9.17, 15) is 9.59 Å². The molecule has 0 saturated heterocycles. The van der Waals surface area contributed by atoms with Crippen LogP contribution in [0.3, 0.4) is 0 Å². The Bertz CT molecular complexity index is 934. The molecule has 170 valence electrons. The number of nitrogens with zero attached hydrogens (tertiary/aromatic N) is 1. The van der Waals surface area contributed by atoms with Crippen molar-refractivity contribution in [3.05, 3.63) is 64.4 Å². The van der Waals surface area contributed by atoms with Crippen molar-refractivity contribution in [2.45, 2.75) is 63.5 Å². The Hall–Kier alpha value is -2.44. The van der Waals surface area contributed by atoms with Crippen molar-refractivity contribution in [2.75, 3.05) is 11.4 Å². The maximum Gasteiger partial charge on any atom is 0.250 e. The molecule has 1 aromatic heterocycles. The van der Waals surface area contributed by atoms with Gasteiger partial charge in [-0.1, -0.05) is 62.4 Å². The summed E-state index contributed by atoms with van der Waals surface area (Å²) >= 11 is 1.61. The first-order valence-electron chi connectivity index (χ1n) is 11.8. The van der Waals surface area contributed by atoms with E-state index in [1.54, 1.807) is 17.4 Å². The zero-order valence-corrected chi connectivity index (χ0v) is 19.4. The molecule has 3 N–H and O–H groups in total. The first-order valence-corrected chi connectivity index (χ1v) is 12.6. The highest BCUT2D eigenvalue weighted by Gasteiger charge is 2.25. The van der Waals surface area contributed by atoms with Crippen LogP contribution in [0.4, 0.5) is 5.69 Å². The second-order valence-corrected chi connectivity index (χ2v) is 10.0. The number of amides is 2. The number of hydrogen-bond donors (Lipinski definition) is 2. The van der Waals surface area contributed by atoms with Gasteiger partial charge in [0.2, 0.25) is 5.91 Å². The zero-order valence-electron chi connectivity index (χ0n) is 18.5. The molecule has 6 heteroatoms. The van der Waals surface area contributed by atoms with Crippen molar-refractivity contribution in [1.29, 1.82) is 0 Å². The molecule has 0 spiro atoms. The summed E-state index contributed by atoms with van der Waals surface area (Å²) in [5.74, 6) is 0.401. The van der Waals surface area contributed by atoms with Gasteiger partial charge in [0.05, 0.1) is 6.04 Å². The van der Waals surface area contributed by atoms with E-state index in [0.717, 1.165) is 23.4 Å². The molecule has 2 heterocycles. The fourth-order valence-corrected chi connectivity index (χ4v) is 5.62. The van der Waals surface area contributed by atoms with Gasteiger partial charge in [0.1, 0.15) is 0 Å². The smallest absolute Gasteiger partial charge is 0.250 e. The Balaban J connectivity index is 1.41. The number of rotatable bonds is 8. The number of carbonyl (C=O) groups is 2. The minimum atomic E-state index is -0.586. The number of nitrogens with one attached hydrogen (secondary N) is 1. The molecule has 1 aromatic carbocycles.